The molecule has 0 aliphatic carbocycles. The van der Waals surface area contributed by atoms with Gasteiger partial charge in [0.05, 0.1) is 67.6 Å². The summed E-state index contributed by atoms with van der Waals surface area (Å²) < 4.78 is 51.8. The molecule has 0 radical (unpaired) electrons. The molecular weight excluding hydrogens is 1340 g/mol. The van der Waals surface area contributed by atoms with Crippen molar-refractivity contribution < 1.29 is 105 Å². The number of aliphatic hydroxyl groups excluding tert-OH is 1. The molecule has 32 heteroatoms. The smallest absolute Gasteiger partial charge is 0.410 e. The number of amides is 9. The number of primary amides is 1. The number of hydrogen-bond donors (Lipinski definition) is 8. The monoisotopic (exact) mass is 1450 g/mol. The molecule has 0 unspecified atom stereocenters. The predicted octanol–water partition coefficient (Wildman–Crippen LogP) is 3.51. The number of nitrogens with two attached hydrogens (primary N) is 2. The first-order valence-corrected chi connectivity index (χ1v) is 34.7. The van der Waals surface area contributed by atoms with Crippen LogP contribution in [-0.2, 0) is 92.4 Å². The van der Waals surface area contributed by atoms with Crippen molar-refractivity contribution in [3.63, 3.8) is 0 Å². The van der Waals surface area contributed by atoms with Crippen LogP contribution in [0.4, 0.5) is 15.3 Å². The quantitative estimate of drug-likeness (QED) is 0.0272. The van der Waals surface area contributed by atoms with Crippen molar-refractivity contribution in [2.45, 2.75) is 226 Å². The van der Waals surface area contributed by atoms with Gasteiger partial charge in [-0.15, -0.1) is 0 Å². The van der Waals surface area contributed by atoms with E-state index in [0.29, 0.717) is 31.4 Å². The Hall–Kier alpha value is -8.72. The molecule has 103 heavy (non-hydrogen) atoms. The molecule has 17 atom stereocenters. The van der Waals surface area contributed by atoms with E-state index in [-0.39, 0.29) is 66.5 Å². The number of aliphatic hydroxyl groups is 1. The summed E-state index contributed by atoms with van der Waals surface area (Å²) in [5.41, 5.74) is 12.0. The summed E-state index contributed by atoms with van der Waals surface area (Å²) in [5, 5.41) is 24.6. The van der Waals surface area contributed by atoms with E-state index in [2.05, 4.69) is 26.6 Å². The van der Waals surface area contributed by atoms with Crippen molar-refractivity contribution in [2.24, 2.45) is 41.1 Å². The van der Waals surface area contributed by atoms with Crippen molar-refractivity contribution in [2.75, 3.05) is 53.8 Å². The fourth-order valence-corrected chi connectivity index (χ4v) is 12.7. The minimum Gasteiger partial charge on any atom is -0.467 e. The molecule has 0 spiro atoms. The van der Waals surface area contributed by atoms with E-state index in [0.717, 1.165) is 32.8 Å². The zero-order valence-electron chi connectivity index (χ0n) is 62.5. The van der Waals surface area contributed by atoms with Gasteiger partial charge >= 0.3 is 36.0 Å². The molecule has 2 heterocycles. The molecule has 9 amide bonds. The maximum Gasteiger partial charge on any atom is 0.410 e. The fourth-order valence-electron chi connectivity index (χ4n) is 12.7. The molecule has 2 aromatic rings. The van der Waals surface area contributed by atoms with E-state index in [1.54, 1.807) is 91.6 Å². The van der Waals surface area contributed by atoms with E-state index in [1.807, 2.05) is 19.9 Å². The highest BCUT2D eigenvalue weighted by molar-refractivity contribution is 5.99. The molecule has 2 aromatic carbocycles. The molecule has 2 fully saturated rings. The molecule has 0 saturated carbocycles. The second-order valence-electron chi connectivity index (χ2n) is 27.2. The topological polar surface area (TPSA) is 430 Å². The summed E-state index contributed by atoms with van der Waals surface area (Å²) in [6, 6.07) is 5.46. The summed E-state index contributed by atoms with van der Waals surface area (Å²) in [7, 11) is 6.86. The lowest BCUT2D eigenvalue weighted by atomic mass is 9.89. The maximum atomic E-state index is 15.0. The number of benzene rings is 2. The fraction of sp³-hybridized carbons (Fsp3) is 0.662. The molecule has 0 aromatic heterocycles. The molecule has 2 saturated heterocycles. The van der Waals surface area contributed by atoms with Crippen LogP contribution in [0.3, 0.4) is 0 Å². The highest BCUT2D eigenvalue weighted by Gasteiger charge is 2.56. The second-order valence-corrected chi connectivity index (χ2v) is 27.2. The third-order valence-electron chi connectivity index (χ3n) is 18.4. The lowest BCUT2D eigenvalue weighted by molar-refractivity contribution is -0.282. The van der Waals surface area contributed by atoms with Gasteiger partial charge in [0.1, 0.15) is 30.5 Å². The number of methoxy groups -OCH3 is 3. The number of urea groups is 1. The summed E-state index contributed by atoms with van der Waals surface area (Å²) >= 11 is 0. The van der Waals surface area contributed by atoms with Crippen LogP contribution in [0.1, 0.15) is 146 Å². The zero-order valence-corrected chi connectivity index (χ0v) is 62.5. The third kappa shape index (κ3) is 24.5. The number of nitrogens with one attached hydrogen (secondary N) is 5. The van der Waals surface area contributed by atoms with Crippen LogP contribution < -0.4 is 42.8 Å². The summed E-state index contributed by atoms with van der Waals surface area (Å²) in [6.07, 6.45) is -11.2. The van der Waals surface area contributed by atoms with Crippen LogP contribution in [-0.4, -0.2) is 225 Å². The zero-order chi connectivity index (χ0) is 77.4. The standard InChI is InChI=1S/C71H110N10O22/c1-19-39(8)56(51(95-16)34-52(85)81-32-24-28-49(81)58(96-17)40(9)63(87)75-41(10)57(86)46-25-21-20-22-26-46)79(14)67(91)54(37(4)5)78-66(90)55(38(6)7)80(15)71(94)98-35-45-29-30-47(76-64(88)48(27-23-31-74-70(73)93)77-65(89)53(72)36(2)3)50(33-45)102-69-62(101-44(13)84)60(100-43(12)83)59(99-42(11)82)61(103-69)68(92)97-18/h20-22,25-26,29-30,33,36-41,48-49,51,53-62,69,86H,19,23-24,27-28,31-32,34-35,72H2,1-18H3,(H,75,87)(H,76,88)(H,77,89)(H,78,90)(H3,73,74,93)/t39-,40+,41+,48-,49-,51+,53-,54-,55-,56-,57+,58+,59-,60-,61-,62+,69+/m0/s1. The Kier molecular flexibility index (Phi) is 34.5. The van der Waals surface area contributed by atoms with Gasteiger partial charge in [0.2, 0.25) is 47.8 Å². The molecule has 10 N–H and O–H groups in total. The van der Waals surface area contributed by atoms with Crippen LogP contribution in [0.15, 0.2) is 48.5 Å². The number of likely N-dealkylation sites (tertiary alicyclic amines) is 1. The number of hydrogen-bond acceptors (Lipinski definition) is 23. The Bertz CT molecular complexity index is 3210. The van der Waals surface area contributed by atoms with Crippen LogP contribution in [0.5, 0.6) is 5.75 Å². The number of ether oxygens (including phenoxy) is 9. The molecule has 0 bridgehead atoms. The Morgan fingerprint density at radius 1 is 0.728 bits per heavy atom. The number of anilines is 1. The van der Waals surface area contributed by atoms with Crippen molar-refractivity contribution in [3.05, 3.63) is 59.7 Å². The predicted molar refractivity (Wildman–Crippen MR) is 373 cm³/mol. The third-order valence-corrected chi connectivity index (χ3v) is 18.4. The molecular formula is C71H110N10O22. The van der Waals surface area contributed by atoms with Crippen molar-refractivity contribution in [3.8, 4) is 5.75 Å². The van der Waals surface area contributed by atoms with E-state index in [4.69, 9.17) is 54.1 Å². The van der Waals surface area contributed by atoms with Crippen LogP contribution in [0.2, 0.25) is 0 Å². The van der Waals surface area contributed by atoms with Gasteiger partial charge in [-0.3, -0.25) is 48.1 Å². The van der Waals surface area contributed by atoms with E-state index in [1.165, 1.54) is 44.4 Å². The number of carbonyl (C=O) groups is 12. The lowest BCUT2D eigenvalue weighted by Crippen LogP contribution is -2.64. The number of nitrogens with zero attached hydrogens (tertiary/aromatic N) is 3. The SMILES string of the molecule is CC[C@H](C)[C@@H]([C@@H](CC(=O)N1CCC[C@H]1[C@H](OC)[C@@H](C)C(=O)N[C@H](C)[C@@H](O)c1ccccc1)OC)N(C)C(=O)[C@@H](NC(=O)[C@H](C(C)C)N(C)C(=O)OCc1ccc(NC(=O)[C@H](CCCNC(N)=O)NC(=O)[C@@H](N)C(C)C)c(O[C@@H]2O[C@H](C(=O)OC)[C@@H](OC(C)=O)[C@H](OC(C)=O)[C@H]2OC(C)=O)c1)C(C)C. The highest BCUT2D eigenvalue weighted by atomic mass is 16.7. The Labute approximate surface area is 602 Å². The van der Waals surface area contributed by atoms with E-state index in [9.17, 15) is 57.8 Å². The molecule has 32 nitrogen and oxygen atoms in total. The normalized spacial score (nSPS) is 20.5. The van der Waals surface area contributed by atoms with Gasteiger partial charge in [-0.05, 0) is 79.5 Å². The number of carbonyl (C=O) groups excluding carboxylic acids is 12. The van der Waals surface area contributed by atoms with E-state index < -0.39 is 175 Å². The van der Waals surface area contributed by atoms with Gasteiger partial charge in [0.15, 0.2) is 18.3 Å². The first-order valence-electron chi connectivity index (χ1n) is 34.7. The van der Waals surface area contributed by atoms with Crippen molar-refractivity contribution in [1.29, 1.82) is 0 Å². The van der Waals surface area contributed by atoms with Gasteiger partial charge in [-0.25, -0.2) is 14.4 Å². The second kappa shape index (κ2) is 40.9. The summed E-state index contributed by atoms with van der Waals surface area (Å²) in [4.78, 5) is 167. The average Bonchev–Trinajstić information content (AvgIpc) is 1.09. The Morgan fingerprint density at radius 2 is 1.35 bits per heavy atom. The number of rotatable bonds is 37. The molecule has 4 rings (SSSR count). The lowest BCUT2D eigenvalue weighted by Gasteiger charge is -2.43. The van der Waals surface area contributed by atoms with Crippen LogP contribution >= 0.6 is 0 Å². The minimum absolute atomic E-state index is 0.00570. The van der Waals surface area contributed by atoms with Gasteiger partial charge in [-0.2, -0.15) is 0 Å². The van der Waals surface area contributed by atoms with Crippen molar-refractivity contribution in [1.82, 2.24) is 36.0 Å². The number of likely N-dealkylation sites (N-methyl/N-ethyl adjacent to an activating group) is 2. The Balaban J connectivity index is 1.65. The van der Waals surface area contributed by atoms with Gasteiger partial charge < -0.3 is 95.6 Å². The largest absolute Gasteiger partial charge is 0.467 e. The molecule has 576 valence electrons. The van der Waals surface area contributed by atoms with E-state index >= 15 is 4.79 Å². The summed E-state index contributed by atoms with van der Waals surface area (Å²) in [6.45, 7) is 20.4. The van der Waals surface area contributed by atoms with Crippen LogP contribution in [0.25, 0.3) is 0 Å². The first-order chi connectivity index (χ1) is 48.4. The Morgan fingerprint density at radius 3 is 1.90 bits per heavy atom. The summed E-state index contributed by atoms with van der Waals surface area (Å²) in [5.74, 6) is -10.3. The minimum atomic E-state index is -1.97. The highest BCUT2D eigenvalue weighted by Crippen LogP contribution is 2.36. The first kappa shape index (κ1) is 86.7. The van der Waals surface area contributed by atoms with Gasteiger partial charge in [0, 0.05) is 62.2 Å². The molecule has 2 aliphatic rings. The van der Waals surface area contributed by atoms with Gasteiger partial charge in [0.25, 0.3) is 0 Å². The maximum absolute atomic E-state index is 15.0. The van der Waals surface area contributed by atoms with Crippen molar-refractivity contribution >= 4 is 77.1 Å². The number of esters is 4. The van der Waals surface area contributed by atoms with Crippen LogP contribution in [0, 0.1) is 29.6 Å². The molecule has 2 aliphatic heterocycles. The average molecular weight is 1460 g/mol. The van der Waals surface area contributed by atoms with Gasteiger partial charge in [-0.1, -0.05) is 105 Å².